The monoisotopic (exact) mass is 273 g/mol. The Hall–Kier alpha value is -1.79. The second kappa shape index (κ2) is 6.11. The first-order valence-electron chi connectivity index (χ1n) is 6.97. The molecule has 106 valence electrons. The van der Waals surface area contributed by atoms with Gasteiger partial charge in [0.1, 0.15) is 6.33 Å². The highest BCUT2D eigenvalue weighted by molar-refractivity contribution is 5.35. The molecule has 0 aliphatic carbocycles. The van der Waals surface area contributed by atoms with Crippen molar-refractivity contribution in [2.24, 2.45) is 5.92 Å². The molecule has 0 radical (unpaired) electrons. The van der Waals surface area contributed by atoms with Crippen molar-refractivity contribution in [1.82, 2.24) is 25.5 Å². The molecule has 0 saturated carbocycles. The minimum Gasteiger partial charge on any atom is -0.381 e. The lowest BCUT2D eigenvalue weighted by atomic mass is 10.1. The molecule has 1 aliphatic heterocycles. The third-order valence-corrected chi connectivity index (χ3v) is 3.72. The van der Waals surface area contributed by atoms with Crippen LogP contribution in [0.2, 0.25) is 0 Å². The highest BCUT2D eigenvalue weighted by Crippen LogP contribution is 2.18. The van der Waals surface area contributed by atoms with E-state index >= 15 is 0 Å². The zero-order chi connectivity index (χ0) is 13.8. The molecule has 6 heteroatoms. The highest BCUT2D eigenvalue weighted by Gasteiger charge is 2.16. The zero-order valence-electron chi connectivity index (χ0n) is 11.6. The first kappa shape index (κ1) is 13.2. The Morgan fingerprint density at radius 3 is 3.20 bits per heavy atom. The molecule has 2 heterocycles. The topological polar surface area (TPSA) is 64.9 Å². The number of rotatable bonds is 5. The summed E-state index contributed by atoms with van der Waals surface area (Å²) in [7, 11) is 0. The zero-order valence-corrected chi connectivity index (χ0v) is 11.6. The molecular formula is C14H19N5O. The van der Waals surface area contributed by atoms with E-state index in [1.165, 1.54) is 5.56 Å². The van der Waals surface area contributed by atoms with Crippen LogP contribution in [0.3, 0.4) is 0 Å². The van der Waals surface area contributed by atoms with E-state index in [4.69, 9.17) is 4.74 Å². The van der Waals surface area contributed by atoms with E-state index in [0.29, 0.717) is 12.0 Å². The Labute approximate surface area is 118 Å². The molecule has 6 nitrogen and oxygen atoms in total. The van der Waals surface area contributed by atoms with Crippen LogP contribution >= 0.6 is 0 Å². The molecule has 2 unspecified atom stereocenters. The molecule has 0 spiro atoms. The molecule has 2 aromatic rings. The van der Waals surface area contributed by atoms with E-state index in [1.54, 1.807) is 11.0 Å². The lowest BCUT2D eigenvalue weighted by Gasteiger charge is -2.17. The average Bonchev–Trinajstić information content (AvgIpc) is 3.18. The SMILES string of the molecule is CC(NCC1CCOC1)c1cccc(-n2cnnn2)c1. The predicted molar refractivity (Wildman–Crippen MR) is 74.5 cm³/mol. The van der Waals surface area contributed by atoms with Gasteiger partial charge in [-0.1, -0.05) is 12.1 Å². The number of nitrogens with zero attached hydrogens (tertiary/aromatic N) is 4. The number of hydrogen-bond acceptors (Lipinski definition) is 5. The van der Waals surface area contributed by atoms with Crippen molar-refractivity contribution in [1.29, 1.82) is 0 Å². The average molecular weight is 273 g/mol. The Morgan fingerprint density at radius 1 is 1.50 bits per heavy atom. The number of tetrazole rings is 1. The molecule has 1 aromatic heterocycles. The van der Waals surface area contributed by atoms with E-state index < -0.39 is 0 Å². The Balaban J connectivity index is 1.65. The second-order valence-corrected chi connectivity index (χ2v) is 5.21. The minimum atomic E-state index is 0.298. The summed E-state index contributed by atoms with van der Waals surface area (Å²) in [4.78, 5) is 0. The van der Waals surface area contributed by atoms with Crippen molar-refractivity contribution >= 4 is 0 Å². The van der Waals surface area contributed by atoms with E-state index in [0.717, 1.165) is 31.9 Å². The summed E-state index contributed by atoms with van der Waals surface area (Å²) in [5.74, 6) is 0.639. The molecule has 1 aliphatic rings. The van der Waals surface area contributed by atoms with Crippen LogP contribution in [0.25, 0.3) is 5.69 Å². The fourth-order valence-electron chi connectivity index (χ4n) is 2.42. The van der Waals surface area contributed by atoms with Gasteiger partial charge in [0.2, 0.25) is 0 Å². The third-order valence-electron chi connectivity index (χ3n) is 3.72. The maximum Gasteiger partial charge on any atom is 0.143 e. The van der Waals surface area contributed by atoms with Crippen LogP contribution in [0.1, 0.15) is 24.9 Å². The summed E-state index contributed by atoms with van der Waals surface area (Å²) in [5.41, 5.74) is 2.21. The van der Waals surface area contributed by atoms with Gasteiger partial charge in [0.15, 0.2) is 0 Å². The fourth-order valence-corrected chi connectivity index (χ4v) is 2.42. The largest absolute Gasteiger partial charge is 0.381 e. The normalized spacial score (nSPS) is 20.1. The number of benzene rings is 1. The maximum atomic E-state index is 5.40. The Kier molecular flexibility index (Phi) is 4.03. The summed E-state index contributed by atoms with van der Waals surface area (Å²) >= 11 is 0. The quantitative estimate of drug-likeness (QED) is 0.891. The molecule has 1 N–H and O–H groups in total. The van der Waals surface area contributed by atoms with Gasteiger partial charge >= 0.3 is 0 Å². The van der Waals surface area contributed by atoms with Crippen molar-refractivity contribution in [3.63, 3.8) is 0 Å². The van der Waals surface area contributed by atoms with Crippen LogP contribution in [0.15, 0.2) is 30.6 Å². The smallest absolute Gasteiger partial charge is 0.143 e. The van der Waals surface area contributed by atoms with Gasteiger partial charge in [-0.15, -0.1) is 5.10 Å². The van der Waals surface area contributed by atoms with Gasteiger partial charge in [-0.05, 0) is 47.4 Å². The van der Waals surface area contributed by atoms with Gasteiger partial charge in [-0.2, -0.15) is 0 Å². The molecule has 0 amide bonds. The molecular weight excluding hydrogens is 254 g/mol. The van der Waals surface area contributed by atoms with Crippen LogP contribution in [0.5, 0.6) is 0 Å². The van der Waals surface area contributed by atoms with Crippen LogP contribution in [0.4, 0.5) is 0 Å². The van der Waals surface area contributed by atoms with Crippen LogP contribution in [-0.2, 0) is 4.74 Å². The summed E-state index contributed by atoms with van der Waals surface area (Å²) in [6, 6.07) is 8.56. The van der Waals surface area contributed by atoms with Gasteiger partial charge < -0.3 is 10.1 Å². The van der Waals surface area contributed by atoms with Crippen LogP contribution in [0, 0.1) is 5.92 Å². The fraction of sp³-hybridized carbons (Fsp3) is 0.500. The molecule has 3 rings (SSSR count). The Morgan fingerprint density at radius 2 is 2.45 bits per heavy atom. The highest BCUT2D eigenvalue weighted by atomic mass is 16.5. The predicted octanol–water partition coefficient (Wildman–Crippen LogP) is 1.35. The van der Waals surface area contributed by atoms with Gasteiger partial charge in [-0.3, -0.25) is 0 Å². The number of nitrogens with one attached hydrogen (secondary N) is 1. The molecule has 1 fully saturated rings. The number of hydrogen-bond donors (Lipinski definition) is 1. The van der Waals surface area contributed by atoms with Crippen molar-refractivity contribution in [2.75, 3.05) is 19.8 Å². The van der Waals surface area contributed by atoms with E-state index in [-0.39, 0.29) is 0 Å². The first-order valence-corrected chi connectivity index (χ1v) is 6.97. The van der Waals surface area contributed by atoms with Crippen molar-refractivity contribution in [3.05, 3.63) is 36.2 Å². The summed E-state index contributed by atoms with van der Waals surface area (Å²) in [5, 5.41) is 14.8. The van der Waals surface area contributed by atoms with Crippen molar-refractivity contribution < 1.29 is 4.74 Å². The number of aromatic nitrogens is 4. The van der Waals surface area contributed by atoms with Gasteiger partial charge in [-0.25, -0.2) is 4.68 Å². The van der Waals surface area contributed by atoms with Crippen molar-refractivity contribution in [2.45, 2.75) is 19.4 Å². The standard InChI is InChI=1S/C14H19N5O/c1-11(15-8-12-5-6-20-9-12)13-3-2-4-14(7-13)19-10-16-17-18-19/h2-4,7,10-12,15H,5-6,8-9H2,1H3. The van der Waals surface area contributed by atoms with Gasteiger partial charge in [0.05, 0.1) is 12.3 Å². The van der Waals surface area contributed by atoms with Gasteiger partial charge in [0, 0.05) is 19.2 Å². The second-order valence-electron chi connectivity index (χ2n) is 5.21. The van der Waals surface area contributed by atoms with E-state index in [9.17, 15) is 0 Å². The minimum absolute atomic E-state index is 0.298. The lowest BCUT2D eigenvalue weighted by molar-refractivity contribution is 0.184. The first-order chi connectivity index (χ1) is 9.83. The number of ether oxygens (including phenoxy) is 1. The molecule has 1 aromatic carbocycles. The molecule has 2 atom stereocenters. The summed E-state index contributed by atoms with van der Waals surface area (Å²) in [6.07, 6.45) is 2.76. The third kappa shape index (κ3) is 3.02. The van der Waals surface area contributed by atoms with Gasteiger partial charge in [0.25, 0.3) is 0 Å². The summed E-state index contributed by atoms with van der Waals surface area (Å²) < 4.78 is 7.07. The summed E-state index contributed by atoms with van der Waals surface area (Å²) in [6.45, 7) is 4.95. The lowest BCUT2D eigenvalue weighted by Crippen LogP contribution is -2.26. The van der Waals surface area contributed by atoms with Crippen LogP contribution < -0.4 is 5.32 Å². The molecule has 1 saturated heterocycles. The van der Waals surface area contributed by atoms with Crippen LogP contribution in [-0.4, -0.2) is 40.0 Å². The maximum absolute atomic E-state index is 5.40. The van der Waals surface area contributed by atoms with Crippen molar-refractivity contribution in [3.8, 4) is 5.69 Å². The Bertz CT molecular complexity index is 536. The van der Waals surface area contributed by atoms with E-state index in [1.807, 2.05) is 12.1 Å². The molecule has 0 bridgehead atoms. The van der Waals surface area contributed by atoms with E-state index in [2.05, 4.69) is 39.9 Å². The molecule has 20 heavy (non-hydrogen) atoms.